The first-order chi connectivity index (χ1) is 16.8. The van der Waals surface area contributed by atoms with Gasteiger partial charge in [-0.3, -0.25) is 4.79 Å². The summed E-state index contributed by atoms with van der Waals surface area (Å²) >= 11 is 0. The molecule has 0 radical (unpaired) electrons. The Hall–Kier alpha value is -3.82. The quantitative estimate of drug-likeness (QED) is 0.436. The maximum atomic E-state index is 12.9. The van der Waals surface area contributed by atoms with E-state index in [9.17, 15) is 22.8 Å². The summed E-state index contributed by atoms with van der Waals surface area (Å²) < 4.78 is 39.9. The zero-order chi connectivity index (χ0) is 26.7. The average molecular weight is 502 g/mol. The van der Waals surface area contributed by atoms with Crippen LogP contribution in [-0.2, 0) is 16.4 Å². The van der Waals surface area contributed by atoms with Crippen molar-refractivity contribution in [3.05, 3.63) is 71.4 Å². The largest absolute Gasteiger partial charge is 0.416 e. The van der Waals surface area contributed by atoms with Crippen molar-refractivity contribution < 1.29 is 22.8 Å². The number of nitrogens with zero attached hydrogens (tertiary/aromatic N) is 3. The predicted octanol–water partition coefficient (Wildman–Crippen LogP) is 5.99. The number of benzene rings is 2. The van der Waals surface area contributed by atoms with E-state index in [-0.39, 0.29) is 24.2 Å². The Balaban J connectivity index is 1.73. The molecule has 0 aliphatic rings. The Morgan fingerprint density at radius 1 is 0.972 bits per heavy atom. The van der Waals surface area contributed by atoms with E-state index in [1.807, 2.05) is 52.0 Å². The minimum absolute atomic E-state index is 0.194. The van der Waals surface area contributed by atoms with Gasteiger partial charge in [0.15, 0.2) is 0 Å². The van der Waals surface area contributed by atoms with Gasteiger partial charge in [0, 0.05) is 23.7 Å². The maximum Gasteiger partial charge on any atom is 0.416 e. The van der Waals surface area contributed by atoms with Crippen molar-refractivity contribution in [1.29, 1.82) is 0 Å². The molecule has 0 unspecified atom stereocenters. The van der Waals surface area contributed by atoms with Gasteiger partial charge in [0.2, 0.25) is 5.91 Å². The summed E-state index contributed by atoms with van der Waals surface area (Å²) in [5, 5.41) is 10.0. The third-order valence-corrected chi connectivity index (χ3v) is 5.49. The topological polar surface area (TPSA) is 79.3 Å². The van der Waals surface area contributed by atoms with Crippen LogP contribution >= 0.6 is 0 Å². The zero-order valence-electron chi connectivity index (χ0n) is 20.9. The summed E-state index contributed by atoms with van der Waals surface area (Å²) in [6.45, 7) is 9.69. The summed E-state index contributed by atoms with van der Waals surface area (Å²) in [4.78, 5) is 26.8. The Morgan fingerprint density at radius 3 is 2.11 bits per heavy atom. The number of anilines is 2. The van der Waals surface area contributed by atoms with Gasteiger partial charge in [0.05, 0.1) is 16.9 Å². The van der Waals surface area contributed by atoms with Crippen molar-refractivity contribution >= 4 is 23.4 Å². The number of rotatable bonds is 6. The Kier molecular flexibility index (Phi) is 7.76. The second kappa shape index (κ2) is 10.4. The predicted molar refractivity (Wildman–Crippen MR) is 133 cm³/mol. The van der Waals surface area contributed by atoms with Crippen molar-refractivity contribution in [1.82, 2.24) is 14.7 Å². The van der Waals surface area contributed by atoms with Crippen molar-refractivity contribution in [2.45, 2.75) is 46.2 Å². The van der Waals surface area contributed by atoms with Gasteiger partial charge in [0.25, 0.3) is 0 Å². The highest BCUT2D eigenvalue weighted by atomic mass is 19.4. The Labute approximate surface area is 208 Å². The molecule has 3 rings (SSSR count). The fourth-order valence-corrected chi connectivity index (χ4v) is 3.35. The van der Waals surface area contributed by atoms with Crippen LogP contribution in [0.2, 0.25) is 0 Å². The summed E-state index contributed by atoms with van der Waals surface area (Å²) in [7, 11) is 0. The van der Waals surface area contributed by atoms with Crippen LogP contribution in [0.15, 0.2) is 54.6 Å². The summed E-state index contributed by atoms with van der Waals surface area (Å²) in [5.41, 5.74) is 1.77. The van der Waals surface area contributed by atoms with E-state index in [1.54, 1.807) is 17.7 Å². The molecule has 7 nitrogen and oxygen atoms in total. The molecule has 0 atom stereocenters. The van der Waals surface area contributed by atoms with Crippen LogP contribution in [0.4, 0.5) is 29.5 Å². The lowest BCUT2D eigenvalue weighted by Gasteiger charge is -2.21. The van der Waals surface area contributed by atoms with E-state index >= 15 is 0 Å². The number of aryl methyl sites for hydroxylation is 1. The molecule has 36 heavy (non-hydrogen) atoms. The minimum Gasteiger partial charge on any atom is -0.315 e. The van der Waals surface area contributed by atoms with E-state index in [0.717, 1.165) is 29.1 Å². The van der Waals surface area contributed by atoms with Gasteiger partial charge in [-0.2, -0.15) is 18.3 Å². The molecule has 0 bridgehead atoms. The van der Waals surface area contributed by atoms with Gasteiger partial charge in [-0.15, -0.1) is 0 Å². The van der Waals surface area contributed by atoms with E-state index < -0.39 is 23.7 Å². The number of nitrogens with one attached hydrogen (secondary N) is 2. The molecule has 1 aromatic heterocycles. The lowest BCUT2D eigenvalue weighted by Crippen LogP contribution is -2.40. The van der Waals surface area contributed by atoms with Crippen molar-refractivity contribution in [3.8, 4) is 5.69 Å². The fourth-order valence-electron chi connectivity index (χ4n) is 3.35. The Bertz CT molecular complexity index is 1210. The molecule has 0 saturated heterocycles. The first-order valence-electron chi connectivity index (χ1n) is 11.5. The van der Waals surface area contributed by atoms with Crippen LogP contribution in [0.3, 0.4) is 0 Å². The lowest BCUT2D eigenvalue weighted by atomic mass is 9.92. The number of amides is 3. The van der Waals surface area contributed by atoms with Crippen LogP contribution in [0.5, 0.6) is 0 Å². The highest BCUT2D eigenvalue weighted by Crippen LogP contribution is 2.30. The summed E-state index contributed by atoms with van der Waals surface area (Å²) in [6.07, 6.45) is -4.46. The number of alkyl halides is 3. The normalized spacial score (nSPS) is 11.8. The van der Waals surface area contributed by atoms with Gasteiger partial charge in [0.1, 0.15) is 12.4 Å². The maximum absolute atomic E-state index is 12.9. The molecule has 1 heterocycles. The van der Waals surface area contributed by atoms with Crippen LogP contribution in [0, 0.1) is 6.92 Å². The van der Waals surface area contributed by atoms with Gasteiger partial charge in [-0.25, -0.2) is 9.48 Å². The molecule has 2 N–H and O–H groups in total. The number of aromatic nitrogens is 2. The molecule has 3 amide bonds. The van der Waals surface area contributed by atoms with Crippen molar-refractivity contribution in [3.63, 3.8) is 0 Å². The van der Waals surface area contributed by atoms with Crippen LogP contribution in [0.1, 0.15) is 44.5 Å². The van der Waals surface area contributed by atoms with Gasteiger partial charge in [-0.05, 0) is 50.2 Å². The smallest absolute Gasteiger partial charge is 0.315 e. The molecule has 0 aliphatic heterocycles. The first kappa shape index (κ1) is 26.8. The highest BCUT2D eigenvalue weighted by Gasteiger charge is 2.30. The average Bonchev–Trinajstić information content (AvgIpc) is 3.22. The zero-order valence-corrected chi connectivity index (χ0v) is 20.9. The second-order valence-corrected chi connectivity index (χ2v) is 9.48. The molecule has 192 valence electrons. The molecule has 0 saturated carbocycles. The molecular formula is C26H30F3N5O2. The molecular weight excluding hydrogens is 471 g/mol. The number of carbonyl (C=O) groups excluding carboxylic acids is 2. The number of halogens is 3. The molecule has 3 aromatic rings. The van der Waals surface area contributed by atoms with Crippen LogP contribution in [-0.4, -0.2) is 39.7 Å². The van der Waals surface area contributed by atoms with Gasteiger partial charge >= 0.3 is 12.2 Å². The van der Waals surface area contributed by atoms with Gasteiger partial charge < -0.3 is 15.5 Å². The van der Waals surface area contributed by atoms with Gasteiger partial charge in [-0.1, -0.05) is 38.5 Å². The molecule has 0 spiro atoms. The number of hydrogen-bond donors (Lipinski definition) is 2. The van der Waals surface area contributed by atoms with Crippen molar-refractivity contribution in [2.75, 3.05) is 23.7 Å². The third kappa shape index (κ3) is 6.65. The number of hydrogen-bond acceptors (Lipinski definition) is 3. The SMILES string of the molecule is CCN(CC(=O)Nc1cc(C(C)(C)C)nn1-c1ccc(C)cc1)C(=O)Nc1ccc(C(F)(F)F)cc1. The molecule has 0 fully saturated rings. The van der Waals surface area contributed by atoms with E-state index in [4.69, 9.17) is 0 Å². The highest BCUT2D eigenvalue weighted by molar-refractivity contribution is 5.96. The Morgan fingerprint density at radius 2 is 1.58 bits per heavy atom. The number of urea groups is 1. The van der Waals surface area contributed by atoms with E-state index in [2.05, 4.69) is 15.7 Å². The molecule has 2 aromatic carbocycles. The van der Waals surface area contributed by atoms with Crippen LogP contribution in [0.25, 0.3) is 5.69 Å². The fraction of sp³-hybridized carbons (Fsp3) is 0.346. The number of carbonyl (C=O) groups is 2. The summed E-state index contributed by atoms with van der Waals surface area (Å²) in [5.74, 6) is 0.0288. The van der Waals surface area contributed by atoms with E-state index in [1.165, 1.54) is 17.0 Å². The van der Waals surface area contributed by atoms with Crippen molar-refractivity contribution in [2.24, 2.45) is 0 Å². The van der Waals surface area contributed by atoms with E-state index in [0.29, 0.717) is 5.82 Å². The number of likely N-dealkylation sites (N-methyl/N-ethyl adjacent to an activating group) is 1. The second-order valence-electron chi connectivity index (χ2n) is 9.48. The minimum atomic E-state index is -4.46. The standard InChI is InChI=1S/C26H30F3N5O2/c1-6-33(24(36)30-19-11-9-18(10-12-19)26(27,28)29)16-23(35)31-22-15-21(25(3,4)5)32-34(22)20-13-7-17(2)8-14-20/h7-15H,6,16H2,1-5H3,(H,30,36)(H,31,35). The molecule has 10 heteroatoms. The molecule has 0 aliphatic carbocycles. The monoisotopic (exact) mass is 501 g/mol. The third-order valence-electron chi connectivity index (χ3n) is 5.49. The first-order valence-corrected chi connectivity index (χ1v) is 11.5. The summed E-state index contributed by atoms with van der Waals surface area (Å²) in [6, 6.07) is 13.0. The lowest BCUT2D eigenvalue weighted by molar-refractivity contribution is -0.137. The van der Waals surface area contributed by atoms with Crippen LogP contribution < -0.4 is 10.6 Å².